The second-order valence-corrected chi connectivity index (χ2v) is 5.85. The lowest BCUT2D eigenvalue weighted by atomic mass is 10.1. The summed E-state index contributed by atoms with van der Waals surface area (Å²) in [6.45, 7) is 5.67. The van der Waals surface area contributed by atoms with Crippen LogP contribution in [0.15, 0.2) is 24.3 Å². The molecule has 1 aromatic rings. The zero-order valence-corrected chi connectivity index (χ0v) is 14.2. The fourth-order valence-corrected chi connectivity index (χ4v) is 2.60. The first-order valence-corrected chi connectivity index (χ1v) is 8.20. The molecular formula is C16H24N3O3S+. The Morgan fingerprint density at radius 1 is 1.30 bits per heavy atom. The molecule has 0 radical (unpaired) electrons. The molecule has 1 aromatic carbocycles. The van der Waals surface area contributed by atoms with E-state index in [1.54, 1.807) is 4.90 Å². The van der Waals surface area contributed by atoms with Gasteiger partial charge in [0.15, 0.2) is 5.11 Å². The Labute approximate surface area is 142 Å². The van der Waals surface area contributed by atoms with Gasteiger partial charge in [0.05, 0.1) is 39.8 Å². The van der Waals surface area contributed by atoms with Crippen molar-refractivity contribution in [1.82, 2.24) is 5.32 Å². The van der Waals surface area contributed by atoms with Crippen molar-refractivity contribution >= 4 is 29.0 Å². The lowest BCUT2D eigenvalue weighted by Gasteiger charge is -2.24. The average Bonchev–Trinajstić information content (AvgIpc) is 2.57. The predicted molar refractivity (Wildman–Crippen MR) is 92.8 cm³/mol. The third-order valence-corrected chi connectivity index (χ3v) is 4.00. The van der Waals surface area contributed by atoms with Gasteiger partial charge in [-0.3, -0.25) is 4.79 Å². The van der Waals surface area contributed by atoms with Crippen LogP contribution in [0.25, 0.3) is 0 Å². The summed E-state index contributed by atoms with van der Waals surface area (Å²) in [6.07, 6.45) is 0.280. The Balaban J connectivity index is 1.69. The van der Waals surface area contributed by atoms with Crippen LogP contribution in [-0.2, 0) is 20.7 Å². The SMILES string of the molecule is COC(=O)Cc1ccc(NC(=S)NCC[NH+]2CCOCC2)cc1. The fourth-order valence-electron chi connectivity index (χ4n) is 2.38. The van der Waals surface area contributed by atoms with Crippen molar-refractivity contribution in [3.05, 3.63) is 29.8 Å². The lowest BCUT2D eigenvalue weighted by Crippen LogP contribution is -3.14. The van der Waals surface area contributed by atoms with E-state index in [9.17, 15) is 4.79 Å². The number of methoxy groups -OCH3 is 1. The second kappa shape index (κ2) is 9.44. The third-order valence-electron chi connectivity index (χ3n) is 3.75. The summed E-state index contributed by atoms with van der Waals surface area (Å²) >= 11 is 5.29. The smallest absolute Gasteiger partial charge is 0.309 e. The van der Waals surface area contributed by atoms with Gasteiger partial charge < -0.3 is 25.0 Å². The Morgan fingerprint density at radius 2 is 2.00 bits per heavy atom. The van der Waals surface area contributed by atoms with Crippen molar-refractivity contribution in [3.63, 3.8) is 0 Å². The highest BCUT2D eigenvalue weighted by atomic mass is 32.1. The number of benzene rings is 1. The molecule has 0 unspecified atom stereocenters. The fraction of sp³-hybridized carbons (Fsp3) is 0.500. The van der Waals surface area contributed by atoms with E-state index in [1.807, 2.05) is 24.3 Å². The van der Waals surface area contributed by atoms with E-state index >= 15 is 0 Å². The molecule has 126 valence electrons. The maximum absolute atomic E-state index is 11.2. The van der Waals surface area contributed by atoms with Crippen molar-refractivity contribution in [2.24, 2.45) is 0 Å². The first-order chi connectivity index (χ1) is 11.2. The summed E-state index contributed by atoms with van der Waals surface area (Å²) in [4.78, 5) is 12.8. The van der Waals surface area contributed by atoms with Gasteiger partial charge in [0, 0.05) is 5.69 Å². The van der Waals surface area contributed by atoms with E-state index in [4.69, 9.17) is 17.0 Å². The van der Waals surface area contributed by atoms with Gasteiger partial charge in [-0.05, 0) is 29.9 Å². The van der Waals surface area contributed by atoms with Gasteiger partial charge in [-0.25, -0.2) is 0 Å². The number of ether oxygens (including phenoxy) is 2. The highest BCUT2D eigenvalue weighted by Crippen LogP contribution is 2.10. The van der Waals surface area contributed by atoms with Gasteiger partial charge in [-0.1, -0.05) is 12.1 Å². The van der Waals surface area contributed by atoms with Gasteiger partial charge in [0.2, 0.25) is 0 Å². The molecule has 1 saturated heterocycles. The summed E-state index contributed by atoms with van der Waals surface area (Å²) < 4.78 is 9.99. The maximum Gasteiger partial charge on any atom is 0.309 e. The molecule has 0 aromatic heterocycles. The van der Waals surface area contributed by atoms with Crippen LogP contribution >= 0.6 is 12.2 Å². The largest absolute Gasteiger partial charge is 0.469 e. The number of hydrogen-bond donors (Lipinski definition) is 3. The summed E-state index contributed by atoms with van der Waals surface area (Å²) in [6, 6.07) is 7.58. The molecule has 0 spiro atoms. The summed E-state index contributed by atoms with van der Waals surface area (Å²) in [7, 11) is 1.39. The molecule has 0 atom stereocenters. The monoisotopic (exact) mass is 338 g/mol. The van der Waals surface area contributed by atoms with Crippen LogP contribution in [0.2, 0.25) is 0 Å². The van der Waals surface area contributed by atoms with Crippen LogP contribution in [0, 0.1) is 0 Å². The van der Waals surface area contributed by atoms with Gasteiger partial charge in [0.25, 0.3) is 0 Å². The zero-order chi connectivity index (χ0) is 16.5. The van der Waals surface area contributed by atoms with Crippen LogP contribution in [-0.4, -0.2) is 57.6 Å². The molecule has 2 rings (SSSR count). The number of esters is 1. The summed E-state index contributed by atoms with van der Waals surface area (Å²) in [5, 5.41) is 6.97. The van der Waals surface area contributed by atoms with Crippen molar-refractivity contribution in [1.29, 1.82) is 0 Å². The Bertz CT molecular complexity index is 516. The molecule has 1 aliphatic rings. The predicted octanol–water partition coefficient (Wildman–Crippen LogP) is -0.396. The number of morpholine rings is 1. The lowest BCUT2D eigenvalue weighted by molar-refractivity contribution is -0.906. The minimum Gasteiger partial charge on any atom is -0.469 e. The van der Waals surface area contributed by atoms with Crippen LogP contribution in [0.3, 0.4) is 0 Å². The van der Waals surface area contributed by atoms with Crippen LogP contribution < -0.4 is 15.5 Å². The minimum absolute atomic E-state index is 0.242. The van der Waals surface area contributed by atoms with E-state index in [0.717, 1.165) is 50.6 Å². The Hall–Kier alpha value is -1.70. The quantitative estimate of drug-likeness (QED) is 0.485. The number of anilines is 1. The van der Waals surface area contributed by atoms with Crippen LogP contribution in [0.5, 0.6) is 0 Å². The van der Waals surface area contributed by atoms with Crippen molar-refractivity contribution < 1.29 is 19.2 Å². The third kappa shape index (κ3) is 6.52. The second-order valence-electron chi connectivity index (χ2n) is 5.44. The maximum atomic E-state index is 11.2. The van der Waals surface area contributed by atoms with Gasteiger partial charge in [-0.2, -0.15) is 0 Å². The normalized spacial score (nSPS) is 15.0. The molecule has 0 amide bonds. The minimum atomic E-state index is -0.242. The highest BCUT2D eigenvalue weighted by Gasteiger charge is 2.12. The molecular weight excluding hydrogens is 314 g/mol. The molecule has 0 aliphatic carbocycles. The first kappa shape index (κ1) is 17.7. The molecule has 6 nitrogen and oxygen atoms in total. The molecule has 0 saturated carbocycles. The number of thiocarbonyl (C=S) groups is 1. The average molecular weight is 338 g/mol. The number of hydrogen-bond acceptors (Lipinski definition) is 4. The molecule has 1 aliphatic heterocycles. The molecule has 1 fully saturated rings. The Kier molecular flexibility index (Phi) is 7.25. The number of quaternary nitrogens is 1. The number of carbonyl (C=O) groups excluding carboxylic acids is 1. The number of rotatable bonds is 6. The Morgan fingerprint density at radius 3 is 2.65 bits per heavy atom. The van der Waals surface area contributed by atoms with Gasteiger partial charge in [0.1, 0.15) is 13.1 Å². The molecule has 3 N–H and O–H groups in total. The van der Waals surface area contributed by atoms with E-state index in [1.165, 1.54) is 7.11 Å². The molecule has 23 heavy (non-hydrogen) atoms. The topological polar surface area (TPSA) is 64.0 Å². The van der Waals surface area contributed by atoms with Crippen molar-refractivity contribution in [2.75, 3.05) is 51.8 Å². The number of carbonyl (C=O) groups is 1. The van der Waals surface area contributed by atoms with Gasteiger partial charge in [-0.15, -0.1) is 0 Å². The number of nitrogens with one attached hydrogen (secondary N) is 3. The van der Waals surface area contributed by atoms with Crippen molar-refractivity contribution in [3.8, 4) is 0 Å². The molecule has 7 heteroatoms. The van der Waals surface area contributed by atoms with Crippen LogP contribution in [0.4, 0.5) is 5.69 Å². The molecule has 1 heterocycles. The highest BCUT2D eigenvalue weighted by molar-refractivity contribution is 7.80. The van der Waals surface area contributed by atoms with E-state index in [2.05, 4.69) is 15.4 Å². The summed E-state index contributed by atoms with van der Waals surface area (Å²) in [5.41, 5.74) is 1.81. The zero-order valence-electron chi connectivity index (χ0n) is 13.4. The van der Waals surface area contributed by atoms with E-state index in [-0.39, 0.29) is 12.4 Å². The van der Waals surface area contributed by atoms with Crippen molar-refractivity contribution in [2.45, 2.75) is 6.42 Å². The van der Waals surface area contributed by atoms with E-state index in [0.29, 0.717) is 5.11 Å². The van der Waals surface area contributed by atoms with Crippen LogP contribution in [0.1, 0.15) is 5.56 Å². The van der Waals surface area contributed by atoms with E-state index < -0.39 is 0 Å². The first-order valence-electron chi connectivity index (χ1n) is 7.79. The standard InChI is InChI=1S/C16H23N3O3S/c1-21-15(20)12-13-2-4-14(5-3-13)18-16(23)17-6-7-19-8-10-22-11-9-19/h2-5H,6-12H2,1H3,(H2,17,18,23)/p+1. The molecule has 0 bridgehead atoms. The summed E-state index contributed by atoms with van der Waals surface area (Å²) in [5.74, 6) is -0.242. The van der Waals surface area contributed by atoms with Gasteiger partial charge >= 0.3 is 5.97 Å².